The van der Waals surface area contributed by atoms with Crippen LogP contribution < -0.4 is 43.8 Å². The number of nitrogens with zero attached hydrogens (tertiary/aromatic N) is 1. The van der Waals surface area contributed by atoms with Crippen molar-refractivity contribution in [1.29, 1.82) is 0 Å². The van der Waals surface area contributed by atoms with Gasteiger partial charge >= 0.3 is 5.97 Å². The summed E-state index contributed by atoms with van der Waals surface area (Å²) in [5.41, 5.74) is 19.3. The number of carbonyl (C=O) groups excluding carboxylic acids is 5. The van der Waals surface area contributed by atoms with E-state index in [1.807, 2.05) is 68.4 Å². The van der Waals surface area contributed by atoms with E-state index in [0.29, 0.717) is 12.0 Å². The minimum Gasteiger partial charge on any atom is -0.481 e. The minimum atomic E-state index is -1.25. The third-order valence-corrected chi connectivity index (χ3v) is 9.79. The first-order chi connectivity index (χ1) is 28.5. The van der Waals surface area contributed by atoms with Gasteiger partial charge in [0.05, 0.1) is 18.7 Å². The van der Waals surface area contributed by atoms with Crippen LogP contribution in [0.5, 0.6) is 0 Å². The van der Waals surface area contributed by atoms with Crippen LogP contribution in [-0.4, -0.2) is 106 Å². The molecule has 5 amide bonds. The highest BCUT2D eigenvalue weighted by Gasteiger charge is 2.34. The summed E-state index contributed by atoms with van der Waals surface area (Å²) in [5, 5.41) is 33.8. The van der Waals surface area contributed by atoms with E-state index >= 15 is 0 Å². The molecule has 0 saturated heterocycles. The minimum absolute atomic E-state index is 0.00375. The second kappa shape index (κ2) is 24.2. The number of hydrogen-bond donors (Lipinski definition) is 11. The van der Waals surface area contributed by atoms with Crippen molar-refractivity contribution in [2.24, 2.45) is 34.0 Å². The SMILES string of the molecule is CC(C)C[C@H](NC(=O)[C@@H](N)CCC(=O)O)C(=O)N[C@@H](CCCN=C(N)N)C(=O)N[C@@H](Cc1c[nH]c2ccccc12)C(=O)N[C@H](C(=O)N[C@H](CO)Cc1ccccc1)C(C)C. The number of aliphatic hydroxyl groups excluding tert-OH is 1. The molecule has 18 heteroatoms. The molecule has 0 aliphatic rings. The van der Waals surface area contributed by atoms with Crippen molar-refractivity contribution in [3.05, 3.63) is 71.9 Å². The molecule has 0 radical (unpaired) electrons. The van der Waals surface area contributed by atoms with E-state index in [-0.39, 0.29) is 63.6 Å². The molecular formula is C42H62N10O8. The van der Waals surface area contributed by atoms with E-state index in [2.05, 4.69) is 36.6 Å². The van der Waals surface area contributed by atoms with Crippen LogP contribution in [0.1, 0.15) is 70.9 Å². The number of para-hydroxylation sites is 1. The van der Waals surface area contributed by atoms with E-state index < -0.39 is 77.7 Å². The smallest absolute Gasteiger partial charge is 0.303 e. The lowest BCUT2D eigenvalue weighted by atomic mass is 9.99. The molecular weight excluding hydrogens is 773 g/mol. The summed E-state index contributed by atoms with van der Waals surface area (Å²) in [4.78, 5) is 87.3. The summed E-state index contributed by atoms with van der Waals surface area (Å²) in [6.07, 6.45) is 2.01. The summed E-state index contributed by atoms with van der Waals surface area (Å²) < 4.78 is 0. The molecule has 0 aliphatic heterocycles. The number of carboxylic acids is 1. The quantitative estimate of drug-likeness (QED) is 0.0314. The largest absolute Gasteiger partial charge is 0.481 e. The van der Waals surface area contributed by atoms with Crippen molar-refractivity contribution in [3.63, 3.8) is 0 Å². The molecule has 14 N–H and O–H groups in total. The van der Waals surface area contributed by atoms with E-state index in [1.54, 1.807) is 20.0 Å². The molecule has 0 aliphatic carbocycles. The van der Waals surface area contributed by atoms with Crippen LogP contribution >= 0.6 is 0 Å². The average Bonchev–Trinajstić information content (AvgIpc) is 3.61. The number of aliphatic carboxylic acids is 1. The first kappa shape index (κ1) is 48.4. The number of benzene rings is 2. The summed E-state index contributed by atoms with van der Waals surface area (Å²) in [5.74, 6) is -5.12. The predicted octanol–water partition coefficient (Wildman–Crippen LogP) is 0.317. The lowest BCUT2D eigenvalue weighted by Gasteiger charge is -2.29. The number of aromatic amines is 1. The van der Waals surface area contributed by atoms with Crippen LogP contribution in [0, 0.1) is 11.8 Å². The summed E-state index contributed by atoms with van der Waals surface area (Å²) in [6.45, 7) is 6.97. The zero-order chi connectivity index (χ0) is 44.4. The van der Waals surface area contributed by atoms with Gasteiger partial charge < -0.3 is 59.0 Å². The molecule has 0 spiro atoms. The Morgan fingerprint density at radius 2 is 1.35 bits per heavy atom. The van der Waals surface area contributed by atoms with Crippen LogP contribution in [0.15, 0.2) is 65.8 Å². The Bertz CT molecular complexity index is 1910. The van der Waals surface area contributed by atoms with Crippen molar-refractivity contribution in [2.75, 3.05) is 13.2 Å². The summed E-state index contributed by atoms with van der Waals surface area (Å²) in [6, 6.07) is 10.3. The number of hydrogen-bond acceptors (Lipinski definition) is 9. The number of nitrogens with one attached hydrogen (secondary N) is 6. The zero-order valence-electron chi connectivity index (χ0n) is 34.8. The van der Waals surface area contributed by atoms with Gasteiger partial charge in [-0.2, -0.15) is 0 Å². The number of aromatic nitrogens is 1. The Balaban J connectivity index is 1.91. The Labute approximate surface area is 350 Å². The number of amides is 5. The lowest BCUT2D eigenvalue weighted by Crippen LogP contribution is -2.60. The monoisotopic (exact) mass is 834 g/mol. The number of fused-ring (bicyclic) bond motifs is 1. The van der Waals surface area contributed by atoms with E-state index in [9.17, 15) is 33.9 Å². The van der Waals surface area contributed by atoms with Gasteiger partial charge in [-0.25, -0.2) is 0 Å². The van der Waals surface area contributed by atoms with Crippen molar-refractivity contribution < 1.29 is 39.0 Å². The van der Waals surface area contributed by atoms with E-state index in [0.717, 1.165) is 16.5 Å². The van der Waals surface area contributed by atoms with Gasteiger partial charge in [0.15, 0.2) is 5.96 Å². The molecule has 0 bridgehead atoms. The Hall–Kier alpha value is -6.01. The van der Waals surface area contributed by atoms with Gasteiger partial charge in [-0.15, -0.1) is 0 Å². The molecule has 0 unspecified atom stereocenters. The van der Waals surface area contributed by atoms with Crippen LogP contribution in [0.2, 0.25) is 0 Å². The Morgan fingerprint density at radius 1 is 0.733 bits per heavy atom. The maximum atomic E-state index is 14.3. The molecule has 3 rings (SSSR count). The number of guanidine groups is 1. The second-order valence-electron chi connectivity index (χ2n) is 15.7. The topological polar surface area (TPSA) is 309 Å². The molecule has 2 aromatic carbocycles. The molecule has 1 aromatic heterocycles. The molecule has 60 heavy (non-hydrogen) atoms. The first-order valence-corrected chi connectivity index (χ1v) is 20.2. The first-order valence-electron chi connectivity index (χ1n) is 20.2. The number of nitrogens with two attached hydrogens (primary N) is 3. The van der Waals surface area contributed by atoms with Gasteiger partial charge in [0.2, 0.25) is 29.5 Å². The van der Waals surface area contributed by atoms with Crippen molar-refractivity contribution in [2.45, 2.75) is 109 Å². The molecule has 328 valence electrons. The van der Waals surface area contributed by atoms with Gasteiger partial charge in [-0.3, -0.25) is 33.8 Å². The highest BCUT2D eigenvalue weighted by atomic mass is 16.4. The third kappa shape index (κ3) is 16.0. The maximum absolute atomic E-state index is 14.3. The fourth-order valence-corrected chi connectivity index (χ4v) is 6.58. The average molecular weight is 835 g/mol. The maximum Gasteiger partial charge on any atom is 0.303 e. The number of aliphatic imine (C=N–C) groups is 1. The standard InChI is InChI=1S/C42H62N10O8/c1-24(2)19-33(50-37(56)30(43)16-17-35(54)55)39(58)49-32(15-10-18-46-42(44)45)38(57)51-34(21-27-22-47-31-14-9-8-13-29(27)31)40(59)52-36(25(3)4)41(60)48-28(23-53)20-26-11-6-5-7-12-26/h5-9,11-14,22,24-25,28,30,32-34,36,47,53H,10,15-21,23,43H2,1-4H3,(H,48,60)(H,49,58)(H,50,56)(H,51,57)(H,52,59)(H,54,55)(H4,44,45,46)/t28-,30-,32-,33-,34-,36-/m0/s1. The summed E-state index contributed by atoms with van der Waals surface area (Å²) >= 11 is 0. The van der Waals surface area contributed by atoms with Crippen LogP contribution in [0.25, 0.3) is 10.9 Å². The van der Waals surface area contributed by atoms with Crippen LogP contribution in [-0.2, 0) is 41.6 Å². The Morgan fingerprint density at radius 3 is 1.98 bits per heavy atom. The molecule has 3 aromatic rings. The molecule has 1 heterocycles. The normalized spacial score (nSPS) is 14.3. The lowest BCUT2D eigenvalue weighted by molar-refractivity contribution is -0.137. The van der Waals surface area contributed by atoms with E-state index in [1.165, 1.54) is 0 Å². The highest BCUT2D eigenvalue weighted by Crippen LogP contribution is 2.20. The number of carbonyl (C=O) groups is 6. The molecule has 18 nitrogen and oxygen atoms in total. The molecule has 0 fully saturated rings. The fraction of sp³-hybridized carbons (Fsp3) is 0.500. The van der Waals surface area contributed by atoms with Crippen LogP contribution in [0.3, 0.4) is 0 Å². The van der Waals surface area contributed by atoms with Gasteiger partial charge in [0.25, 0.3) is 0 Å². The fourth-order valence-electron chi connectivity index (χ4n) is 6.58. The predicted molar refractivity (Wildman–Crippen MR) is 228 cm³/mol. The second-order valence-corrected chi connectivity index (χ2v) is 15.7. The number of rotatable bonds is 25. The number of H-pyrrole nitrogens is 1. The summed E-state index contributed by atoms with van der Waals surface area (Å²) in [7, 11) is 0. The molecule has 0 saturated carbocycles. The number of carboxylic acid groups (broad SMARTS) is 1. The van der Waals surface area contributed by atoms with Gasteiger partial charge in [-0.05, 0) is 61.1 Å². The van der Waals surface area contributed by atoms with E-state index in [4.69, 9.17) is 22.3 Å². The van der Waals surface area contributed by atoms with Crippen LogP contribution in [0.4, 0.5) is 0 Å². The molecule has 6 atom stereocenters. The van der Waals surface area contributed by atoms with Gasteiger partial charge in [0.1, 0.15) is 24.2 Å². The van der Waals surface area contributed by atoms with Gasteiger partial charge in [-0.1, -0.05) is 76.2 Å². The highest BCUT2D eigenvalue weighted by molar-refractivity contribution is 5.96. The van der Waals surface area contributed by atoms with Crippen molar-refractivity contribution in [1.82, 2.24) is 31.6 Å². The third-order valence-electron chi connectivity index (χ3n) is 9.79. The zero-order valence-corrected chi connectivity index (χ0v) is 34.8. The Kier molecular flexibility index (Phi) is 19.5. The number of aliphatic hydroxyl groups is 1. The van der Waals surface area contributed by atoms with Crippen molar-refractivity contribution in [3.8, 4) is 0 Å². The van der Waals surface area contributed by atoms with Crippen molar-refractivity contribution >= 4 is 52.4 Å². The van der Waals surface area contributed by atoms with Gasteiger partial charge in [0, 0.05) is 36.5 Å².